The van der Waals surface area contributed by atoms with Gasteiger partial charge in [-0.3, -0.25) is 9.69 Å². The largest absolute Gasteiger partial charge is 0.497 e. The average Bonchev–Trinajstić information content (AvgIpc) is 2.69. The summed E-state index contributed by atoms with van der Waals surface area (Å²) in [5, 5.41) is -0.223. The standard InChI is InChI=1S/C18H19ClN2O4S.ClH/c1-24-13-6-4-11(5-7-13)9-25-18(23)15-12(3-2-8-19)10-26-17-14(20)16(22)21(15)17;/h2-7,14,17H,8-10,20H2,1H3;1H/b3-2-;/t14-,17?;/m1./s1. The van der Waals surface area contributed by atoms with Gasteiger partial charge < -0.3 is 15.2 Å². The molecule has 1 fully saturated rings. The third-order valence-corrected chi connectivity index (χ3v) is 5.67. The Balaban J connectivity index is 0.00000261. The van der Waals surface area contributed by atoms with Crippen LogP contribution in [-0.2, 0) is 20.9 Å². The van der Waals surface area contributed by atoms with Crippen LogP contribution in [0.1, 0.15) is 5.56 Å². The summed E-state index contributed by atoms with van der Waals surface area (Å²) in [7, 11) is 1.59. The predicted octanol–water partition coefficient (Wildman–Crippen LogP) is 2.45. The van der Waals surface area contributed by atoms with Crippen LogP contribution in [0.4, 0.5) is 0 Å². The first-order valence-corrected chi connectivity index (χ1v) is 9.61. The number of esters is 1. The lowest BCUT2D eigenvalue weighted by molar-refractivity contribution is -0.151. The molecule has 2 aliphatic rings. The molecule has 3 rings (SSSR count). The number of thioether (sulfide) groups is 1. The van der Waals surface area contributed by atoms with E-state index in [2.05, 4.69) is 0 Å². The lowest BCUT2D eigenvalue weighted by Gasteiger charge is -2.48. The van der Waals surface area contributed by atoms with Crippen molar-refractivity contribution in [3.8, 4) is 5.75 Å². The van der Waals surface area contributed by atoms with Crippen molar-refractivity contribution in [2.75, 3.05) is 18.7 Å². The molecular formula is C18H20Cl2N2O4S. The highest BCUT2D eigenvalue weighted by Gasteiger charge is 2.51. The molecule has 1 saturated heterocycles. The fraction of sp³-hybridized carbons (Fsp3) is 0.333. The Morgan fingerprint density at radius 1 is 1.41 bits per heavy atom. The number of benzene rings is 1. The molecule has 2 atom stereocenters. The number of ether oxygens (including phenoxy) is 2. The van der Waals surface area contributed by atoms with Crippen molar-refractivity contribution >= 4 is 47.6 Å². The molecule has 146 valence electrons. The number of rotatable bonds is 6. The molecule has 9 heteroatoms. The maximum Gasteiger partial charge on any atom is 0.355 e. The number of amides is 1. The number of carbonyl (C=O) groups is 2. The molecule has 2 aliphatic heterocycles. The fourth-order valence-electron chi connectivity index (χ4n) is 2.78. The Morgan fingerprint density at radius 3 is 2.74 bits per heavy atom. The monoisotopic (exact) mass is 430 g/mol. The highest BCUT2D eigenvalue weighted by molar-refractivity contribution is 8.00. The summed E-state index contributed by atoms with van der Waals surface area (Å²) in [4.78, 5) is 26.3. The first-order valence-electron chi connectivity index (χ1n) is 8.02. The number of halogens is 2. The zero-order valence-corrected chi connectivity index (χ0v) is 17.0. The number of nitrogens with two attached hydrogens (primary N) is 1. The van der Waals surface area contributed by atoms with Crippen LogP contribution >= 0.6 is 35.8 Å². The zero-order chi connectivity index (χ0) is 18.7. The van der Waals surface area contributed by atoms with Gasteiger partial charge in [0.15, 0.2) is 0 Å². The average molecular weight is 431 g/mol. The van der Waals surface area contributed by atoms with Gasteiger partial charge in [0, 0.05) is 11.6 Å². The van der Waals surface area contributed by atoms with E-state index in [1.165, 1.54) is 16.7 Å². The minimum Gasteiger partial charge on any atom is -0.497 e. The molecule has 6 nitrogen and oxygen atoms in total. The molecule has 27 heavy (non-hydrogen) atoms. The predicted molar refractivity (Wildman–Crippen MR) is 108 cm³/mol. The van der Waals surface area contributed by atoms with Crippen molar-refractivity contribution in [1.82, 2.24) is 4.90 Å². The topological polar surface area (TPSA) is 81.9 Å². The number of allylic oxidation sites excluding steroid dienone is 2. The normalized spacial score (nSPS) is 21.4. The van der Waals surface area contributed by atoms with Crippen molar-refractivity contribution in [2.45, 2.75) is 18.0 Å². The number of carbonyl (C=O) groups excluding carboxylic acids is 2. The second-order valence-corrected chi connectivity index (χ2v) is 7.20. The lowest BCUT2D eigenvalue weighted by Crippen LogP contribution is -2.68. The minimum absolute atomic E-state index is 0. The molecule has 1 amide bonds. The molecule has 0 bridgehead atoms. The van der Waals surface area contributed by atoms with Gasteiger partial charge >= 0.3 is 5.97 Å². The van der Waals surface area contributed by atoms with Gasteiger partial charge in [0.2, 0.25) is 5.91 Å². The van der Waals surface area contributed by atoms with E-state index in [9.17, 15) is 9.59 Å². The van der Waals surface area contributed by atoms with Crippen molar-refractivity contribution in [3.63, 3.8) is 0 Å². The first-order chi connectivity index (χ1) is 12.6. The highest BCUT2D eigenvalue weighted by Crippen LogP contribution is 2.40. The van der Waals surface area contributed by atoms with E-state index in [1.54, 1.807) is 31.4 Å². The van der Waals surface area contributed by atoms with E-state index in [-0.39, 0.29) is 36.0 Å². The Hall–Kier alpha value is -1.67. The number of hydrogen-bond acceptors (Lipinski definition) is 6. The number of fused-ring (bicyclic) bond motifs is 1. The number of methoxy groups -OCH3 is 1. The van der Waals surface area contributed by atoms with E-state index < -0.39 is 12.0 Å². The molecule has 0 aliphatic carbocycles. The SMILES string of the molecule is COc1ccc(COC(=O)C2=C(/C=C\CCl)CSC3[C@H](N)C(=O)N23)cc1.Cl. The van der Waals surface area contributed by atoms with Crippen molar-refractivity contribution < 1.29 is 19.1 Å². The van der Waals surface area contributed by atoms with Gasteiger partial charge in [-0.25, -0.2) is 4.79 Å². The Bertz CT molecular complexity index is 767. The molecule has 1 aromatic carbocycles. The molecule has 0 radical (unpaired) electrons. The van der Waals surface area contributed by atoms with Crippen molar-refractivity contribution in [1.29, 1.82) is 0 Å². The second-order valence-electron chi connectivity index (χ2n) is 5.79. The maximum absolute atomic E-state index is 12.7. The number of nitrogens with zero attached hydrogens (tertiary/aromatic N) is 1. The third-order valence-electron chi connectivity index (χ3n) is 4.17. The van der Waals surface area contributed by atoms with Gasteiger partial charge in [0.05, 0.1) is 7.11 Å². The molecule has 2 N–H and O–H groups in total. The van der Waals surface area contributed by atoms with Gasteiger partial charge in [-0.2, -0.15) is 0 Å². The van der Waals surface area contributed by atoms with Crippen LogP contribution < -0.4 is 10.5 Å². The first kappa shape index (κ1) is 21.6. The molecule has 0 spiro atoms. The van der Waals surface area contributed by atoms with E-state index in [0.717, 1.165) is 11.3 Å². The second kappa shape index (κ2) is 9.50. The van der Waals surface area contributed by atoms with Crippen molar-refractivity contribution in [3.05, 3.63) is 53.3 Å². The summed E-state index contributed by atoms with van der Waals surface area (Å²) >= 11 is 7.23. The summed E-state index contributed by atoms with van der Waals surface area (Å²) in [6.07, 6.45) is 3.50. The lowest BCUT2D eigenvalue weighted by atomic mass is 10.0. The number of alkyl halides is 1. The molecule has 1 aromatic rings. The van der Waals surface area contributed by atoms with Crippen LogP contribution in [0.15, 0.2) is 47.7 Å². The Labute approximate surface area is 173 Å². The van der Waals surface area contributed by atoms with Crippen LogP contribution in [0.2, 0.25) is 0 Å². The van der Waals surface area contributed by atoms with Gasteiger partial charge in [0.1, 0.15) is 29.5 Å². The molecule has 0 saturated carbocycles. The molecule has 1 unspecified atom stereocenters. The Kier molecular flexibility index (Phi) is 7.61. The minimum atomic E-state index is -0.581. The van der Waals surface area contributed by atoms with E-state index >= 15 is 0 Å². The number of hydrogen-bond donors (Lipinski definition) is 1. The fourth-order valence-corrected chi connectivity index (χ4v) is 4.14. The van der Waals surface area contributed by atoms with Gasteiger partial charge in [-0.05, 0) is 23.3 Å². The van der Waals surface area contributed by atoms with Crippen LogP contribution in [-0.4, -0.2) is 46.9 Å². The van der Waals surface area contributed by atoms with Crippen LogP contribution in [0.25, 0.3) is 0 Å². The number of β-lactam (4-membered cyclic amide) rings is 1. The summed E-state index contributed by atoms with van der Waals surface area (Å²) in [5.41, 5.74) is 7.64. The summed E-state index contributed by atoms with van der Waals surface area (Å²) in [6.45, 7) is 0.102. The van der Waals surface area contributed by atoms with Crippen molar-refractivity contribution in [2.24, 2.45) is 5.73 Å². The molecule has 0 aromatic heterocycles. The van der Waals surface area contributed by atoms with Crippen LogP contribution in [0, 0.1) is 0 Å². The Morgan fingerprint density at radius 2 is 2.11 bits per heavy atom. The van der Waals surface area contributed by atoms with Gasteiger partial charge in [0.25, 0.3) is 0 Å². The van der Waals surface area contributed by atoms with Gasteiger partial charge in [-0.15, -0.1) is 35.8 Å². The third kappa shape index (κ3) is 4.43. The van der Waals surface area contributed by atoms with E-state index in [0.29, 0.717) is 17.2 Å². The summed E-state index contributed by atoms with van der Waals surface area (Å²) < 4.78 is 10.5. The zero-order valence-electron chi connectivity index (χ0n) is 14.6. The van der Waals surface area contributed by atoms with Crippen LogP contribution in [0.3, 0.4) is 0 Å². The summed E-state index contributed by atoms with van der Waals surface area (Å²) in [5.74, 6) is 0.807. The van der Waals surface area contributed by atoms with E-state index in [4.69, 9.17) is 26.8 Å². The highest BCUT2D eigenvalue weighted by atomic mass is 35.5. The quantitative estimate of drug-likeness (QED) is 0.424. The maximum atomic E-state index is 12.7. The van der Waals surface area contributed by atoms with Gasteiger partial charge in [-0.1, -0.05) is 24.3 Å². The smallest absolute Gasteiger partial charge is 0.355 e. The van der Waals surface area contributed by atoms with Crippen LogP contribution in [0.5, 0.6) is 5.75 Å². The summed E-state index contributed by atoms with van der Waals surface area (Å²) in [6, 6.07) is 6.64. The molecule has 2 heterocycles. The molecular weight excluding hydrogens is 411 g/mol. The van der Waals surface area contributed by atoms with E-state index in [1.807, 2.05) is 12.1 Å².